The zero-order chi connectivity index (χ0) is 21.1. The number of aromatic nitrogens is 2. The number of aliphatic carboxylic acids is 1. The van der Waals surface area contributed by atoms with Gasteiger partial charge >= 0.3 is 11.9 Å². The lowest BCUT2D eigenvalue weighted by Gasteiger charge is -2.22. The zero-order valence-electron chi connectivity index (χ0n) is 16.3. The summed E-state index contributed by atoms with van der Waals surface area (Å²) in [5, 5.41) is 11.7. The van der Waals surface area contributed by atoms with E-state index in [1.807, 2.05) is 30.3 Å². The van der Waals surface area contributed by atoms with Crippen LogP contribution in [0.1, 0.15) is 17.7 Å². The number of aromatic amines is 1. The first kappa shape index (κ1) is 22.1. The Balaban J connectivity index is 1.90. The lowest BCUT2D eigenvalue weighted by atomic mass is 10.1. The number of rotatable bonds is 12. The van der Waals surface area contributed by atoms with Crippen LogP contribution >= 0.6 is 0 Å². The summed E-state index contributed by atoms with van der Waals surface area (Å²) in [6.45, 7) is 0.0521. The number of amides is 1. The Hall–Kier alpha value is -3.20. The van der Waals surface area contributed by atoms with E-state index >= 15 is 0 Å². The molecule has 9 nitrogen and oxygen atoms in total. The number of ether oxygens (including phenoxy) is 1. The summed E-state index contributed by atoms with van der Waals surface area (Å²) >= 11 is 0. The molecule has 0 unspecified atom stereocenters. The number of carboxylic acid groups (broad SMARTS) is 1. The molecule has 156 valence electrons. The molecule has 0 saturated heterocycles. The molecule has 0 radical (unpaired) electrons. The van der Waals surface area contributed by atoms with Gasteiger partial charge in [-0.3, -0.25) is 14.5 Å². The van der Waals surface area contributed by atoms with Crippen molar-refractivity contribution in [3.63, 3.8) is 0 Å². The van der Waals surface area contributed by atoms with Gasteiger partial charge in [-0.25, -0.2) is 9.78 Å². The maximum atomic E-state index is 12.4. The lowest BCUT2D eigenvalue weighted by molar-refractivity contribution is -0.145. The standard InChI is InChI=1S/C20H26N4O5/c1-29-20(28)17(10-16-11-21-14-22-16)23-18(25)12-24(13-19(26)27)9-5-8-15-6-3-2-4-7-15/h2-4,6-7,11,14,17H,5,8-10,12-13H2,1H3,(H,21,22)(H,23,25)(H,26,27)/t17-/m1/s1. The van der Waals surface area contributed by atoms with Gasteiger partial charge in [0.15, 0.2) is 0 Å². The number of nitrogens with zero attached hydrogens (tertiary/aromatic N) is 2. The van der Waals surface area contributed by atoms with Gasteiger partial charge in [0.1, 0.15) is 6.04 Å². The first-order valence-electron chi connectivity index (χ1n) is 9.31. The quantitative estimate of drug-likeness (QED) is 0.445. The Kier molecular flexibility index (Phi) is 8.84. The highest BCUT2D eigenvalue weighted by atomic mass is 16.5. The van der Waals surface area contributed by atoms with Crippen LogP contribution in [0.2, 0.25) is 0 Å². The molecular weight excluding hydrogens is 376 g/mol. The molecule has 0 saturated carbocycles. The molecule has 2 rings (SSSR count). The second-order valence-electron chi connectivity index (χ2n) is 6.60. The predicted molar refractivity (Wildman–Crippen MR) is 105 cm³/mol. The van der Waals surface area contributed by atoms with Crippen LogP contribution in [-0.2, 0) is 32.0 Å². The molecule has 29 heavy (non-hydrogen) atoms. The van der Waals surface area contributed by atoms with Gasteiger partial charge in [0, 0.05) is 12.6 Å². The largest absolute Gasteiger partial charge is 0.480 e. The minimum atomic E-state index is -1.02. The number of hydrogen-bond donors (Lipinski definition) is 3. The Labute approximate surface area is 169 Å². The van der Waals surface area contributed by atoms with Crippen LogP contribution in [0, 0.1) is 0 Å². The van der Waals surface area contributed by atoms with Crippen molar-refractivity contribution in [3.05, 3.63) is 54.1 Å². The molecule has 0 aliphatic carbocycles. The minimum Gasteiger partial charge on any atom is -0.480 e. The van der Waals surface area contributed by atoms with Gasteiger partial charge in [0.25, 0.3) is 0 Å². The van der Waals surface area contributed by atoms with Gasteiger partial charge in [0.05, 0.1) is 32.2 Å². The maximum absolute atomic E-state index is 12.4. The fourth-order valence-corrected chi connectivity index (χ4v) is 2.95. The van der Waals surface area contributed by atoms with Crippen LogP contribution in [0.4, 0.5) is 0 Å². The van der Waals surface area contributed by atoms with E-state index in [0.717, 1.165) is 12.0 Å². The SMILES string of the molecule is COC(=O)[C@@H](Cc1c[nH]cn1)NC(=O)CN(CCCc1ccccc1)CC(=O)O. The molecule has 0 bridgehead atoms. The van der Waals surface area contributed by atoms with Crippen molar-refractivity contribution >= 4 is 17.8 Å². The monoisotopic (exact) mass is 402 g/mol. The Morgan fingerprint density at radius 3 is 2.62 bits per heavy atom. The second kappa shape index (κ2) is 11.6. The van der Waals surface area contributed by atoms with E-state index in [-0.39, 0.29) is 19.5 Å². The number of carbonyl (C=O) groups is 3. The van der Waals surface area contributed by atoms with Crippen LogP contribution in [0.15, 0.2) is 42.9 Å². The smallest absolute Gasteiger partial charge is 0.328 e. The summed E-state index contributed by atoms with van der Waals surface area (Å²) in [7, 11) is 1.24. The molecule has 9 heteroatoms. The van der Waals surface area contributed by atoms with Crippen LogP contribution in [-0.4, -0.2) is 70.6 Å². The minimum absolute atomic E-state index is 0.130. The molecule has 3 N–H and O–H groups in total. The predicted octanol–water partition coefficient (Wildman–Crippen LogP) is 0.629. The summed E-state index contributed by atoms with van der Waals surface area (Å²) in [4.78, 5) is 44.0. The number of nitrogens with one attached hydrogen (secondary N) is 2. The van der Waals surface area contributed by atoms with E-state index in [1.165, 1.54) is 13.4 Å². The maximum Gasteiger partial charge on any atom is 0.328 e. The molecule has 1 amide bonds. The number of imidazole rings is 1. The van der Waals surface area contributed by atoms with E-state index < -0.39 is 23.9 Å². The molecule has 0 fully saturated rings. The third kappa shape index (κ3) is 8.14. The van der Waals surface area contributed by atoms with Gasteiger partial charge in [-0.05, 0) is 24.9 Å². The average Bonchev–Trinajstić information content (AvgIpc) is 3.20. The summed E-state index contributed by atoms with van der Waals surface area (Å²) in [6, 6.07) is 8.94. The van der Waals surface area contributed by atoms with Crippen molar-refractivity contribution in [2.75, 3.05) is 26.7 Å². The van der Waals surface area contributed by atoms with Gasteiger partial charge in [-0.15, -0.1) is 0 Å². The number of aryl methyl sites for hydroxylation is 1. The number of carbonyl (C=O) groups excluding carboxylic acids is 2. The third-order valence-corrected chi connectivity index (χ3v) is 4.30. The van der Waals surface area contributed by atoms with Gasteiger partial charge in [-0.1, -0.05) is 30.3 Å². The molecular formula is C20H26N4O5. The van der Waals surface area contributed by atoms with Crippen LogP contribution in [0.5, 0.6) is 0 Å². The molecule has 0 spiro atoms. The van der Waals surface area contributed by atoms with Crippen LogP contribution in [0.25, 0.3) is 0 Å². The summed E-state index contributed by atoms with van der Waals surface area (Å²) in [5.74, 6) is -2.05. The van der Waals surface area contributed by atoms with Crippen molar-refractivity contribution in [1.82, 2.24) is 20.2 Å². The lowest BCUT2D eigenvalue weighted by Crippen LogP contribution is -2.48. The number of methoxy groups -OCH3 is 1. The molecule has 0 aliphatic rings. The van der Waals surface area contributed by atoms with E-state index in [0.29, 0.717) is 18.7 Å². The van der Waals surface area contributed by atoms with E-state index in [9.17, 15) is 14.4 Å². The molecule has 1 atom stereocenters. The van der Waals surface area contributed by atoms with Crippen molar-refractivity contribution in [1.29, 1.82) is 0 Å². The highest BCUT2D eigenvalue weighted by Crippen LogP contribution is 2.05. The number of benzene rings is 1. The number of carboxylic acids is 1. The molecule has 2 aromatic rings. The molecule has 1 heterocycles. The van der Waals surface area contributed by atoms with Gasteiger partial charge in [0.2, 0.25) is 5.91 Å². The highest BCUT2D eigenvalue weighted by Gasteiger charge is 2.24. The second-order valence-corrected chi connectivity index (χ2v) is 6.60. The van der Waals surface area contributed by atoms with Crippen molar-refractivity contribution in [2.45, 2.75) is 25.3 Å². The Morgan fingerprint density at radius 1 is 1.24 bits per heavy atom. The van der Waals surface area contributed by atoms with Crippen molar-refractivity contribution < 1.29 is 24.2 Å². The Bertz CT molecular complexity index is 779. The zero-order valence-corrected chi connectivity index (χ0v) is 16.3. The molecule has 0 aliphatic heterocycles. The van der Waals surface area contributed by atoms with Crippen LogP contribution < -0.4 is 5.32 Å². The fraction of sp³-hybridized carbons (Fsp3) is 0.400. The van der Waals surface area contributed by atoms with Gasteiger partial charge in [-0.2, -0.15) is 0 Å². The number of H-pyrrole nitrogens is 1. The van der Waals surface area contributed by atoms with Crippen molar-refractivity contribution in [2.24, 2.45) is 0 Å². The third-order valence-electron chi connectivity index (χ3n) is 4.30. The fourth-order valence-electron chi connectivity index (χ4n) is 2.95. The summed E-state index contributed by atoms with van der Waals surface area (Å²) in [6.07, 6.45) is 4.77. The van der Waals surface area contributed by atoms with Crippen molar-refractivity contribution in [3.8, 4) is 0 Å². The molecule has 1 aromatic carbocycles. The number of hydrogen-bond acceptors (Lipinski definition) is 6. The van der Waals surface area contributed by atoms with E-state index in [1.54, 1.807) is 11.1 Å². The number of esters is 1. The van der Waals surface area contributed by atoms with Crippen LogP contribution in [0.3, 0.4) is 0 Å². The highest BCUT2D eigenvalue weighted by molar-refractivity contribution is 5.86. The average molecular weight is 402 g/mol. The normalized spacial score (nSPS) is 11.8. The summed E-state index contributed by atoms with van der Waals surface area (Å²) < 4.78 is 4.75. The van der Waals surface area contributed by atoms with E-state index in [4.69, 9.17) is 9.84 Å². The summed E-state index contributed by atoms with van der Waals surface area (Å²) in [5.41, 5.74) is 1.75. The van der Waals surface area contributed by atoms with Gasteiger partial charge < -0.3 is 20.1 Å². The Morgan fingerprint density at radius 2 is 2.00 bits per heavy atom. The first-order valence-corrected chi connectivity index (χ1v) is 9.31. The topological polar surface area (TPSA) is 125 Å². The first-order chi connectivity index (χ1) is 14.0. The molecule has 1 aromatic heterocycles. The van der Waals surface area contributed by atoms with E-state index in [2.05, 4.69) is 15.3 Å².